The highest BCUT2D eigenvalue weighted by molar-refractivity contribution is 5.87. The summed E-state index contributed by atoms with van der Waals surface area (Å²) in [5, 5.41) is 5.42. The summed E-state index contributed by atoms with van der Waals surface area (Å²) in [6.07, 6.45) is 3.83. The molecule has 60 heavy (non-hydrogen) atoms. The Morgan fingerprint density at radius 3 is 2.43 bits per heavy atom. The molecule has 5 aromatic rings. The molecule has 14 nitrogen and oxygen atoms in total. The number of aryl methyl sites for hydroxylation is 2. The first kappa shape index (κ1) is 41.7. The van der Waals surface area contributed by atoms with E-state index in [2.05, 4.69) is 55.9 Å². The highest BCUT2D eigenvalue weighted by Crippen LogP contribution is 2.44. The standard InChI is InChI=1S/C46H54N8O6/c1-7-28(5)54(42(56)22-48-41(55)8-2)25-40-49-36-17-15-30-19-35-33-16-14-31(18-32(33)26-60-38(35)20-34(30)44(36)51-40)37-21-47-39(50-37)24-53(23-27(3)4)45(57)43(52-46(58)59-6)29-12-10-9-11-13-29/h9-14,16,18-21,27-28,43H,7-8,15,17,22-26H2,1-6H3,(H,47,50)(H,48,55)(H,49,51)(H,52,58)/t28-,43+/m0/s1. The van der Waals surface area contributed by atoms with E-state index in [-0.39, 0.29) is 42.8 Å². The Balaban J connectivity index is 1.09. The van der Waals surface area contributed by atoms with Crippen LogP contribution in [0.25, 0.3) is 33.6 Å². The minimum absolute atomic E-state index is 0.0195. The average molecular weight is 815 g/mol. The van der Waals surface area contributed by atoms with Crippen LogP contribution in [0.5, 0.6) is 5.75 Å². The number of amides is 4. The van der Waals surface area contributed by atoms with E-state index in [0.29, 0.717) is 43.3 Å². The van der Waals surface area contributed by atoms with Crippen LogP contribution in [0.1, 0.15) is 87.5 Å². The van der Waals surface area contributed by atoms with Gasteiger partial charge in [0.25, 0.3) is 0 Å². The number of ether oxygens (including phenoxy) is 2. The van der Waals surface area contributed by atoms with Gasteiger partial charge in [-0.15, -0.1) is 0 Å². The van der Waals surface area contributed by atoms with E-state index >= 15 is 0 Å². The van der Waals surface area contributed by atoms with Crippen LogP contribution in [0.15, 0.2) is 66.9 Å². The number of carbonyl (C=O) groups excluding carboxylic acids is 4. The lowest BCUT2D eigenvalue weighted by Gasteiger charge is -2.28. The van der Waals surface area contributed by atoms with Crippen molar-refractivity contribution in [3.8, 4) is 39.4 Å². The average Bonchev–Trinajstić information content (AvgIpc) is 3.92. The minimum Gasteiger partial charge on any atom is -0.488 e. The lowest BCUT2D eigenvalue weighted by atomic mass is 9.86. The van der Waals surface area contributed by atoms with E-state index in [9.17, 15) is 19.2 Å². The lowest BCUT2D eigenvalue weighted by Crippen LogP contribution is -2.44. The molecule has 14 heteroatoms. The topological polar surface area (TPSA) is 175 Å². The van der Waals surface area contributed by atoms with Crippen LogP contribution in [0.4, 0.5) is 4.79 Å². The fourth-order valence-electron chi connectivity index (χ4n) is 7.89. The summed E-state index contributed by atoms with van der Waals surface area (Å²) in [6, 6.07) is 18.8. The molecule has 314 valence electrons. The summed E-state index contributed by atoms with van der Waals surface area (Å²) in [4.78, 5) is 71.5. The van der Waals surface area contributed by atoms with Crippen LogP contribution in [0, 0.1) is 5.92 Å². The van der Waals surface area contributed by atoms with Crippen molar-refractivity contribution in [3.05, 3.63) is 101 Å². The number of methoxy groups -OCH3 is 1. The molecular weight excluding hydrogens is 761 g/mol. The Bertz CT molecular complexity index is 2370. The summed E-state index contributed by atoms with van der Waals surface area (Å²) in [7, 11) is 1.28. The van der Waals surface area contributed by atoms with Crippen LogP contribution in [-0.2, 0) is 51.7 Å². The van der Waals surface area contributed by atoms with E-state index in [1.165, 1.54) is 12.7 Å². The molecule has 2 aromatic heterocycles. The zero-order valence-electron chi connectivity index (χ0n) is 35.2. The summed E-state index contributed by atoms with van der Waals surface area (Å²) in [5.74, 6) is 1.75. The Morgan fingerprint density at radius 1 is 0.900 bits per heavy atom. The zero-order valence-corrected chi connectivity index (χ0v) is 35.2. The van der Waals surface area contributed by atoms with Crippen LogP contribution in [0.2, 0.25) is 0 Å². The number of benzene rings is 3. The molecule has 0 spiro atoms. The number of hydrogen-bond donors (Lipinski definition) is 4. The fourth-order valence-corrected chi connectivity index (χ4v) is 7.89. The number of aromatic nitrogens is 4. The predicted molar refractivity (Wildman–Crippen MR) is 227 cm³/mol. The molecule has 7 rings (SSSR count). The Hall–Kier alpha value is -6.44. The lowest BCUT2D eigenvalue weighted by molar-refractivity contribution is -0.135. The van der Waals surface area contributed by atoms with Crippen molar-refractivity contribution in [2.75, 3.05) is 20.2 Å². The number of imidazole rings is 2. The number of H-pyrrole nitrogens is 2. The highest BCUT2D eigenvalue weighted by atomic mass is 16.5. The second-order valence-electron chi connectivity index (χ2n) is 15.9. The molecular formula is C46H54N8O6. The number of alkyl carbamates (subject to hydrolysis) is 1. The van der Waals surface area contributed by atoms with Gasteiger partial charge in [0.15, 0.2) is 0 Å². The maximum atomic E-state index is 14.0. The third-order valence-corrected chi connectivity index (χ3v) is 11.2. The summed E-state index contributed by atoms with van der Waals surface area (Å²) < 4.78 is 11.3. The zero-order chi connectivity index (χ0) is 42.5. The Labute approximate surface area is 350 Å². The first-order valence-electron chi connectivity index (χ1n) is 20.8. The van der Waals surface area contributed by atoms with Gasteiger partial charge in [-0.05, 0) is 78.1 Å². The first-order valence-corrected chi connectivity index (χ1v) is 20.8. The monoisotopic (exact) mass is 814 g/mol. The van der Waals surface area contributed by atoms with Crippen molar-refractivity contribution in [3.63, 3.8) is 0 Å². The summed E-state index contributed by atoms with van der Waals surface area (Å²) >= 11 is 0. The molecule has 2 atom stereocenters. The van der Waals surface area contributed by atoms with Gasteiger partial charge in [0.05, 0.1) is 44.3 Å². The first-order chi connectivity index (χ1) is 29.0. The Kier molecular flexibility index (Phi) is 12.7. The van der Waals surface area contributed by atoms with Crippen molar-refractivity contribution < 1.29 is 28.7 Å². The third kappa shape index (κ3) is 9.07. The molecule has 0 radical (unpaired) electrons. The highest BCUT2D eigenvalue weighted by Gasteiger charge is 2.30. The van der Waals surface area contributed by atoms with Gasteiger partial charge in [-0.2, -0.15) is 0 Å². The van der Waals surface area contributed by atoms with E-state index < -0.39 is 12.1 Å². The van der Waals surface area contributed by atoms with Crippen molar-refractivity contribution in [1.29, 1.82) is 0 Å². The van der Waals surface area contributed by atoms with Gasteiger partial charge in [0, 0.05) is 35.8 Å². The maximum Gasteiger partial charge on any atom is 0.407 e. The van der Waals surface area contributed by atoms with Gasteiger partial charge in [-0.25, -0.2) is 14.8 Å². The second-order valence-corrected chi connectivity index (χ2v) is 15.9. The molecule has 1 aliphatic heterocycles. The SMILES string of the molecule is CCC(=O)NCC(=O)N(Cc1nc2c([nH]1)CCc1cc3c(cc1-2)OCc1cc(-c2cnc(CN(CC(C)C)C(=O)[C@H](NC(=O)OC)c4ccccc4)[nH]2)ccc1-3)[C@@H](C)CC. The van der Waals surface area contributed by atoms with Gasteiger partial charge in [-0.1, -0.05) is 70.2 Å². The van der Waals surface area contributed by atoms with E-state index in [1.54, 1.807) is 22.9 Å². The molecule has 0 bridgehead atoms. The number of hydrogen-bond acceptors (Lipinski definition) is 8. The Morgan fingerprint density at radius 2 is 1.70 bits per heavy atom. The van der Waals surface area contributed by atoms with Gasteiger partial charge in [-0.3, -0.25) is 14.4 Å². The van der Waals surface area contributed by atoms with Crippen molar-refractivity contribution >= 4 is 23.8 Å². The molecule has 0 unspecified atom stereocenters. The molecule has 3 heterocycles. The van der Waals surface area contributed by atoms with Gasteiger partial charge in [0.2, 0.25) is 17.7 Å². The van der Waals surface area contributed by atoms with Crippen molar-refractivity contribution in [2.24, 2.45) is 5.92 Å². The molecule has 1 aliphatic carbocycles. The molecule has 4 N–H and O–H groups in total. The number of nitrogens with zero attached hydrogens (tertiary/aromatic N) is 4. The molecule has 0 saturated heterocycles. The normalized spacial score (nSPS) is 13.4. The number of carbonyl (C=O) groups is 4. The number of aromatic amines is 2. The van der Waals surface area contributed by atoms with Gasteiger partial charge >= 0.3 is 6.09 Å². The molecule has 3 aromatic carbocycles. The fraction of sp³-hybridized carbons (Fsp3) is 0.391. The smallest absolute Gasteiger partial charge is 0.407 e. The van der Waals surface area contributed by atoms with Crippen LogP contribution in [-0.4, -0.2) is 79.8 Å². The minimum atomic E-state index is -0.921. The van der Waals surface area contributed by atoms with Gasteiger partial charge < -0.3 is 39.9 Å². The molecule has 4 amide bonds. The summed E-state index contributed by atoms with van der Waals surface area (Å²) in [5.41, 5.74) is 9.74. The molecule has 0 fully saturated rings. The number of rotatable bonds is 15. The number of nitrogens with one attached hydrogen (secondary N) is 4. The second kappa shape index (κ2) is 18.2. The molecule has 0 saturated carbocycles. The largest absolute Gasteiger partial charge is 0.488 e. The van der Waals surface area contributed by atoms with Crippen molar-refractivity contribution in [1.82, 2.24) is 40.4 Å². The van der Waals surface area contributed by atoms with Crippen molar-refractivity contribution in [2.45, 2.75) is 92.1 Å². The number of fused-ring (bicyclic) bond motifs is 6. The third-order valence-electron chi connectivity index (χ3n) is 11.2. The van der Waals surface area contributed by atoms with E-state index in [4.69, 9.17) is 14.5 Å². The predicted octanol–water partition coefficient (Wildman–Crippen LogP) is 6.86. The quantitative estimate of drug-likeness (QED) is 0.0887. The van der Waals surface area contributed by atoms with Crippen LogP contribution < -0.4 is 15.4 Å². The van der Waals surface area contributed by atoms with Crippen LogP contribution in [0.3, 0.4) is 0 Å². The van der Waals surface area contributed by atoms with E-state index in [0.717, 1.165) is 69.9 Å². The summed E-state index contributed by atoms with van der Waals surface area (Å²) in [6.45, 7) is 11.3. The van der Waals surface area contributed by atoms with Crippen LogP contribution >= 0.6 is 0 Å². The molecule has 2 aliphatic rings. The van der Waals surface area contributed by atoms with E-state index in [1.807, 2.05) is 58.0 Å². The maximum absolute atomic E-state index is 14.0. The van der Waals surface area contributed by atoms with Gasteiger partial charge in [0.1, 0.15) is 30.0 Å².